The fourth-order valence-corrected chi connectivity index (χ4v) is 2.78. The van der Waals surface area contributed by atoms with Crippen molar-refractivity contribution in [2.75, 3.05) is 38.5 Å². The Hall–Kier alpha value is -1.10. The van der Waals surface area contributed by atoms with Gasteiger partial charge in [-0.05, 0) is 57.6 Å². The molecule has 4 nitrogen and oxygen atoms in total. The number of likely N-dealkylation sites (tertiary alicyclic amines) is 1. The van der Waals surface area contributed by atoms with Gasteiger partial charge in [-0.15, -0.1) is 0 Å². The zero-order valence-electron chi connectivity index (χ0n) is 11.9. The fraction of sp³-hybridized carbons (Fsp3) is 0.533. The van der Waals surface area contributed by atoms with Gasteiger partial charge in [0.25, 0.3) is 0 Å². The van der Waals surface area contributed by atoms with Crippen LogP contribution in [0.4, 0.5) is 5.69 Å². The number of piperidine rings is 1. The van der Waals surface area contributed by atoms with Crippen LogP contribution in [0, 0.1) is 5.92 Å². The van der Waals surface area contributed by atoms with E-state index in [0.29, 0.717) is 17.3 Å². The molecule has 0 radical (unpaired) electrons. The van der Waals surface area contributed by atoms with E-state index in [1.165, 1.54) is 0 Å². The Morgan fingerprint density at radius 1 is 1.35 bits per heavy atom. The maximum Gasteiger partial charge on any atom is 0.238 e. The number of rotatable bonds is 5. The van der Waals surface area contributed by atoms with Crippen molar-refractivity contribution >= 4 is 23.2 Å². The summed E-state index contributed by atoms with van der Waals surface area (Å²) < 4.78 is 0. The summed E-state index contributed by atoms with van der Waals surface area (Å²) in [6.45, 7) is 3.49. The third-order valence-electron chi connectivity index (χ3n) is 3.72. The van der Waals surface area contributed by atoms with E-state index in [-0.39, 0.29) is 5.91 Å². The van der Waals surface area contributed by atoms with Gasteiger partial charge in [-0.25, -0.2) is 0 Å². The summed E-state index contributed by atoms with van der Waals surface area (Å²) in [7, 11) is 1.99. The second-order valence-corrected chi connectivity index (χ2v) is 5.71. The quantitative estimate of drug-likeness (QED) is 0.875. The highest BCUT2D eigenvalue weighted by molar-refractivity contribution is 6.33. The molecule has 0 atom stereocenters. The summed E-state index contributed by atoms with van der Waals surface area (Å²) >= 11 is 6.03. The molecule has 1 heterocycles. The molecule has 110 valence electrons. The van der Waals surface area contributed by atoms with E-state index in [0.717, 1.165) is 38.4 Å². The van der Waals surface area contributed by atoms with Crippen LogP contribution in [0.15, 0.2) is 24.3 Å². The Morgan fingerprint density at radius 3 is 2.70 bits per heavy atom. The van der Waals surface area contributed by atoms with E-state index in [4.69, 9.17) is 11.6 Å². The van der Waals surface area contributed by atoms with Crippen LogP contribution in [0.5, 0.6) is 0 Å². The lowest BCUT2D eigenvalue weighted by molar-refractivity contribution is -0.117. The summed E-state index contributed by atoms with van der Waals surface area (Å²) in [4.78, 5) is 14.2. The third-order valence-corrected chi connectivity index (χ3v) is 4.04. The molecule has 20 heavy (non-hydrogen) atoms. The molecule has 1 aromatic rings. The third kappa shape index (κ3) is 4.47. The van der Waals surface area contributed by atoms with Crippen molar-refractivity contribution in [1.82, 2.24) is 10.2 Å². The zero-order chi connectivity index (χ0) is 14.4. The average molecular weight is 296 g/mol. The number of hydrogen-bond acceptors (Lipinski definition) is 3. The number of nitrogens with zero attached hydrogens (tertiary/aromatic N) is 1. The lowest BCUT2D eigenvalue weighted by Gasteiger charge is -2.31. The molecule has 1 aliphatic rings. The van der Waals surface area contributed by atoms with Gasteiger partial charge in [0.15, 0.2) is 0 Å². The van der Waals surface area contributed by atoms with Gasteiger partial charge in [-0.3, -0.25) is 9.69 Å². The number of para-hydroxylation sites is 1. The molecule has 0 aliphatic carbocycles. The topological polar surface area (TPSA) is 44.4 Å². The number of carbonyl (C=O) groups excluding carboxylic acids is 1. The van der Waals surface area contributed by atoms with Gasteiger partial charge in [0.1, 0.15) is 0 Å². The number of amides is 1. The average Bonchev–Trinajstić information content (AvgIpc) is 2.44. The van der Waals surface area contributed by atoms with E-state index in [9.17, 15) is 4.79 Å². The van der Waals surface area contributed by atoms with Crippen molar-refractivity contribution in [2.24, 2.45) is 5.92 Å². The summed E-state index contributed by atoms with van der Waals surface area (Å²) in [5.74, 6) is 0.744. The Kier molecular flexibility index (Phi) is 5.83. The maximum absolute atomic E-state index is 12.0. The predicted molar refractivity (Wildman–Crippen MR) is 83.2 cm³/mol. The summed E-state index contributed by atoms with van der Waals surface area (Å²) in [6.07, 6.45) is 2.31. The number of anilines is 1. The number of benzene rings is 1. The highest BCUT2D eigenvalue weighted by Gasteiger charge is 2.20. The number of hydrogen-bond donors (Lipinski definition) is 2. The van der Waals surface area contributed by atoms with E-state index in [1.807, 2.05) is 25.2 Å². The molecular formula is C15H22ClN3O. The van der Waals surface area contributed by atoms with Crippen LogP contribution in [-0.4, -0.2) is 44.0 Å². The van der Waals surface area contributed by atoms with Crippen molar-refractivity contribution in [2.45, 2.75) is 12.8 Å². The lowest BCUT2D eigenvalue weighted by Crippen LogP contribution is -2.40. The maximum atomic E-state index is 12.0. The molecule has 2 N–H and O–H groups in total. The molecule has 0 bridgehead atoms. The largest absolute Gasteiger partial charge is 0.324 e. The van der Waals surface area contributed by atoms with E-state index in [2.05, 4.69) is 15.5 Å². The first-order chi connectivity index (χ1) is 9.69. The fourth-order valence-electron chi connectivity index (χ4n) is 2.59. The van der Waals surface area contributed by atoms with Gasteiger partial charge in [-0.1, -0.05) is 23.7 Å². The van der Waals surface area contributed by atoms with Crippen LogP contribution in [0.1, 0.15) is 12.8 Å². The van der Waals surface area contributed by atoms with Gasteiger partial charge in [-0.2, -0.15) is 0 Å². The monoisotopic (exact) mass is 295 g/mol. The van der Waals surface area contributed by atoms with E-state index < -0.39 is 0 Å². The minimum absolute atomic E-state index is 0.00478. The zero-order valence-corrected chi connectivity index (χ0v) is 12.6. The second kappa shape index (κ2) is 7.62. The Balaban J connectivity index is 1.77. The Bertz CT molecular complexity index is 444. The van der Waals surface area contributed by atoms with Crippen LogP contribution < -0.4 is 10.6 Å². The molecule has 2 rings (SSSR count). The molecule has 5 heteroatoms. The highest BCUT2D eigenvalue weighted by Crippen LogP contribution is 2.21. The SMILES string of the molecule is CNCC1CCN(CC(=O)Nc2ccccc2Cl)CC1. The minimum atomic E-state index is 0.00478. The standard InChI is InChI=1S/C15H22ClN3O/c1-17-10-12-6-8-19(9-7-12)11-15(20)18-14-5-3-2-4-13(14)16/h2-5,12,17H,6-11H2,1H3,(H,18,20). The molecular weight excluding hydrogens is 274 g/mol. The number of carbonyl (C=O) groups is 1. The van der Waals surface area contributed by atoms with Gasteiger partial charge >= 0.3 is 0 Å². The van der Waals surface area contributed by atoms with Gasteiger partial charge < -0.3 is 10.6 Å². The van der Waals surface area contributed by atoms with Crippen LogP contribution in [0.2, 0.25) is 5.02 Å². The van der Waals surface area contributed by atoms with Crippen molar-refractivity contribution in [3.05, 3.63) is 29.3 Å². The highest BCUT2D eigenvalue weighted by atomic mass is 35.5. The van der Waals surface area contributed by atoms with Crippen LogP contribution in [0.25, 0.3) is 0 Å². The molecule has 1 amide bonds. The van der Waals surface area contributed by atoms with Gasteiger partial charge in [0.05, 0.1) is 17.3 Å². The molecule has 0 spiro atoms. The van der Waals surface area contributed by atoms with Crippen LogP contribution >= 0.6 is 11.6 Å². The molecule has 0 unspecified atom stereocenters. The summed E-state index contributed by atoms with van der Waals surface area (Å²) in [6, 6.07) is 7.31. The van der Waals surface area contributed by atoms with Crippen molar-refractivity contribution in [3.8, 4) is 0 Å². The van der Waals surface area contributed by atoms with E-state index >= 15 is 0 Å². The molecule has 1 fully saturated rings. The lowest BCUT2D eigenvalue weighted by atomic mass is 9.97. The van der Waals surface area contributed by atoms with Crippen molar-refractivity contribution in [3.63, 3.8) is 0 Å². The second-order valence-electron chi connectivity index (χ2n) is 5.31. The Labute approximate surface area is 125 Å². The minimum Gasteiger partial charge on any atom is -0.324 e. The smallest absolute Gasteiger partial charge is 0.238 e. The molecule has 0 aromatic heterocycles. The number of nitrogens with one attached hydrogen (secondary N) is 2. The van der Waals surface area contributed by atoms with Crippen molar-refractivity contribution < 1.29 is 4.79 Å². The summed E-state index contributed by atoms with van der Waals surface area (Å²) in [5, 5.41) is 6.67. The van der Waals surface area contributed by atoms with Gasteiger partial charge in [0, 0.05) is 0 Å². The number of halogens is 1. The Morgan fingerprint density at radius 2 is 2.05 bits per heavy atom. The van der Waals surface area contributed by atoms with Crippen LogP contribution in [-0.2, 0) is 4.79 Å². The molecule has 0 saturated carbocycles. The first kappa shape index (κ1) is 15.3. The van der Waals surface area contributed by atoms with E-state index in [1.54, 1.807) is 6.07 Å². The van der Waals surface area contributed by atoms with Crippen LogP contribution in [0.3, 0.4) is 0 Å². The molecule has 1 saturated heterocycles. The first-order valence-corrected chi connectivity index (χ1v) is 7.48. The first-order valence-electron chi connectivity index (χ1n) is 7.10. The normalized spacial score (nSPS) is 17.1. The molecule has 1 aliphatic heterocycles. The predicted octanol–water partition coefficient (Wildman–Crippen LogP) is 2.21. The molecule has 1 aromatic carbocycles. The summed E-state index contributed by atoms with van der Waals surface area (Å²) in [5.41, 5.74) is 0.684. The van der Waals surface area contributed by atoms with Crippen molar-refractivity contribution in [1.29, 1.82) is 0 Å². The van der Waals surface area contributed by atoms with Gasteiger partial charge in [0.2, 0.25) is 5.91 Å².